The number of carbonyl (C=O) groups excluding carboxylic acids is 2. The quantitative estimate of drug-likeness (QED) is 0.662. The minimum atomic E-state index is -0.603. The van der Waals surface area contributed by atoms with Crippen molar-refractivity contribution in [3.05, 3.63) is 34.9 Å². The lowest BCUT2D eigenvalue weighted by Gasteiger charge is -2.61. The SMILES string of the molecule is CC[C@H](C)[C@H](NC(=O)N1CCC2(CC1)CN(C1CC1)C2c1ccc(Cl)cc1)C(=O)OC. The molecule has 3 fully saturated rings. The minimum absolute atomic E-state index is 0.0283. The number of nitrogens with one attached hydrogen (secondary N) is 1. The van der Waals surface area contributed by atoms with Gasteiger partial charge >= 0.3 is 12.0 Å². The average Bonchev–Trinajstić information content (AvgIpc) is 3.61. The molecule has 2 amide bonds. The van der Waals surface area contributed by atoms with E-state index >= 15 is 0 Å². The lowest BCUT2D eigenvalue weighted by atomic mass is 9.63. The van der Waals surface area contributed by atoms with Gasteiger partial charge in [-0.15, -0.1) is 0 Å². The van der Waals surface area contributed by atoms with E-state index in [9.17, 15) is 9.59 Å². The molecule has 1 aromatic rings. The molecule has 3 atom stereocenters. The van der Waals surface area contributed by atoms with Gasteiger partial charge in [0.1, 0.15) is 6.04 Å². The number of nitrogens with zero attached hydrogens (tertiary/aromatic N) is 2. The molecule has 4 rings (SSSR count). The second-order valence-corrected chi connectivity index (χ2v) is 9.98. The Balaban J connectivity index is 1.41. The van der Waals surface area contributed by atoms with E-state index in [2.05, 4.69) is 22.3 Å². The Labute approximate surface area is 190 Å². The van der Waals surface area contributed by atoms with Crippen LogP contribution in [0.4, 0.5) is 4.79 Å². The van der Waals surface area contributed by atoms with Gasteiger partial charge in [-0.2, -0.15) is 0 Å². The summed E-state index contributed by atoms with van der Waals surface area (Å²) in [5.41, 5.74) is 1.55. The monoisotopic (exact) mass is 447 g/mol. The van der Waals surface area contributed by atoms with E-state index in [1.165, 1.54) is 25.5 Å². The minimum Gasteiger partial charge on any atom is -0.467 e. The molecule has 6 nitrogen and oxygen atoms in total. The van der Waals surface area contributed by atoms with Gasteiger partial charge in [-0.25, -0.2) is 9.59 Å². The number of methoxy groups -OCH3 is 1. The Hall–Kier alpha value is -1.79. The van der Waals surface area contributed by atoms with Crippen molar-refractivity contribution < 1.29 is 14.3 Å². The highest BCUT2D eigenvalue weighted by Gasteiger charge is 2.57. The first-order valence-electron chi connectivity index (χ1n) is 11.5. The van der Waals surface area contributed by atoms with Crippen LogP contribution in [0.3, 0.4) is 0 Å². The normalized spacial score (nSPS) is 24.9. The summed E-state index contributed by atoms with van der Waals surface area (Å²) in [6.07, 6.45) is 5.33. The average molecular weight is 448 g/mol. The predicted molar refractivity (Wildman–Crippen MR) is 121 cm³/mol. The molecule has 170 valence electrons. The van der Waals surface area contributed by atoms with Crippen molar-refractivity contribution in [3.8, 4) is 0 Å². The second-order valence-electron chi connectivity index (χ2n) is 9.54. The standard InChI is InChI=1S/C24H34ClN3O3/c1-4-16(2)20(22(29)31-3)26-23(30)27-13-11-24(12-14-27)15-28(19-9-10-19)21(24)17-5-7-18(25)8-6-17/h5-8,16,19-21H,4,9-15H2,1-3H3,(H,26,30)/t16-,20-,21?/m0/s1. The van der Waals surface area contributed by atoms with Gasteiger partial charge in [0.05, 0.1) is 7.11 Å². The molecule has 1 unspecified atom stereocenters. The van der Waals surface area contributed by atoms with E-state index in [-0.39, 0.29) is 23.3 Å². The van der Waals surface area contributed by atoms with E-state index in [1.807, 2.05) is 30.9 Å². The van der Waals surface area contributed by atoms with E-state index < -0.39 is 6.04 Å². The Bertz CT molecular complexity index is 803. The van der Waals surface area contributed by atoms with E-state index in [0.29, 0.717) is 25.2 Å². The summed E-state index contributed by atoms with van der Waals surface area (Å²) in [7, 11) is 1.37. The Morgan fingerprint density at radius 3 is 2.42 bits per heavy atom. The zero-order valence-electron chi connectivity index (χ0n) is 18.8. The molecular formula is C24H34ClN3O3. The van der Waals surface area contributed by atoms with Crippen molar-refractivity contribution in [2.75, 3.05) is 26.7 Å². The lowest BCUT2D eigenvalue weighted by Crippen LogP contribution is -2.64. The zero-order valence-corrected chi connectivity index (χ0v) is 19.5. The summed E-state index contributed by atoms with van der Waals surface area (Å²) in [6, 6.07) is 8.65. The van der Waals surface area contributed by atoms with Gasteiger partial charge in [0, 0.05) is 42.2 Å². The first-order valence-corrected chi connectivity index (χ1v) is 11.9. The van der Waals surface area contributed by atoms with Crippen molar-refractivity contribution >= 4 is 23.6 Å². The van der Waals surface area contributed by atoms with Crippen molar-refractivity contribution in [2.24, 2.45) is 11.3 Å². The number of halogens is 1. The fourth-order valence-corrected chi connectivity index (χ4v) is 5.45. The highest BCUT2D eigenvalue weighted by molar-refractivity contribution is 6.30. The van der Waals surface area contributed by atoms with Crippen LogP contribution in [-0.4, -0.2) is 60.6 Å². The molecule has 2 heterocycles. The molecule has 1 N–H and O–H groups in total. The molecule has 1 saturated carbocycles. The van der Waals surface area contributed by atoms with Crippen LogP contribution in [0.25, 0.3) is 0 Å². The Kier molecular flexibility index (Phi) is 6.50. The molecule has 0 radical (unpaired) electrons. The van der Waals surface area contributed by atoms with Gasteiger partial charge < -0.3 is 15.0 Å². The molecule has 1 spiro atoms. The Morgan fingerprint density at radius 2 is 1.87 bits per heavy atom. The number of rotatable bonds is 6. The number of esters is 1. The molecule has 1 aromatic carbocycles. The molecule has 2 saturated heterocycles. The van der Waals surface area contributed by atoms with Crippen molar-refractivity contribution in [1.82, 2.24) is 15.1 Å². The molecule has 7 heteroatoms. The Morgan fingerprint density at radius 1 is 1.23 bits per heavy atom. The fourth-order valence-electron chi connectivity index (χ4n) is 5.32. The third-order valence-electron chi connectivity index (χ3n) is 7.60. The summed E-state index contributed by atoms with van der Waals surface area (Å²) in [4.78, 5) is 29.6. The third-order valence-corrected chi connectivity index (χ3v) is 7.86. The van der Waals surface area contributed by atoms with Crippen LogP contribution in [0.1, 0.15) is 57.6 Å². The molecule has 1 aliphatic carbocycles. The summed E-state index contributed by atoms with van der Waals surface area (Å²) in [6.45, 7) is 6.50. The maximum absolute atomic E-state index is 12.9. The first-order chi connectivity index (χ1) is 14.9. The number of carbonyl (C=O) groups is 2. The third kappa shape index (κ3) is 4.42. The van der Waals surface area contributed by atoms with Gasteiger partial charge in [0.25, 0.3) is 0 Å². The highest BCUT2D eigenvalue weighted by atomic mass is 35.5. The largest absolute Gasteiger partial charge is 0.467 e. The zero-order chi connectivity index (χ0) is 22.2. The summed E-state index contributed by atoms with van der Waals surface area (Å²) >= 11 is 6.13. The first kappa shape index (κ1) is 22.4. The second kappa shape index (κ2) is 8.99. The number of ether oxygens (including phenoxy) is 1. The van der Waals surface area contributed by atoms with E-state index in [1.54, 1.807) is 0 Å². The maximum atomic E-state index is 12.9. The van der Waals surface area contributed by atoms with Crippen LogP contribution in [0.2, 0.25) is 5.02 Å². The number of likely N-dealkylation sites (tertiary alicyclic amines) is 2. The van der Waals surface area contributed by atoms with Crippen LogP contribution < -0.4 is 5.32 Å². The summed E-state index contributed by atoms with van der Waals surface area (Å²) < 4.78 is 4.91. The summed E-state index contributed by atoms with van der Waals surface area (Å²) in [5, 5.41) is 3.69. The smallest absolute Gasteiger partial charge is 0.328 e. The molecule has 3 aliphatic rings. The number of piperidine rings is 1. The lowest BCUT2D eigenvalue weighted by molar-refractivity contribution is -0.144. The maximum Gasteiger partial charge on any atom is 0.328 e. The summed E-state index contributed by atoms with van der Waals surface area (Å²) in [5.74, 6) is -0.349. The van der Waals surface area contributed by atoms with Crippen LogP contribution >= 0.6 is 11.6 Å². The molecular weight excluding hydrogens is 414 g/mol. The topological polar surface area (TPSA) is 61.9 Å². The van der Waals surface area contributed by atoms with Crippen molar-refractivity contribution in [1.29, 1.82) is 0 Å². The predicted octanol–water partition coefficient (Wildman–Crippen LogP) is 4.24. The van der Waals surface area contributed by atoms with E-state index in [4.69, 9.17) is 16.3 Å². The van der Waals surface area contributed by atoms with Gasteiger partial charge in [-0.05, 0) is 49.3 Å². The molecule has 0 bridgehead atoms. The van der Waals surface area contributed by atoms with Crippen LogP contribution in [0.5, 0.6) is 0 Å². The van der Waals surface area contributed by atoms with E-state index in [0.717, 1.165) is 30.8 Å². The van der Waals surface area contributed by atoms with Gasteiger partial charge in [0.2, 0.25) is 0 Å². The molecule has 2 aliphatic heterocycles. The molecule has 31 heavy (non-hydrogen) atoms. The van der Waals surface area contributed by atoms with Crippen LogP contribution in [-0.2, 0) is 9.53 Å². The van der Waals surface area contributed by atoms with Crippen molar-refractivity contribution in [3.63, 3.8) is 0 Å². The number of hydrogen-bond donors (Lipinski definition) is 1. The molecule has 0 aromatic heterocycles. The fraction of sp³-hybridized carbons (Fsp3) is 0.667. The van der Waals surface area contributed by atoms with Gasteiger partial charge in [-0.3, -0.25) is 4.90 Å². The number of amides is 2. The van der Waals surface area contributed by atoms with Crippen molar-refractivity contribution in [2.45, 2.75) is 64.1 Å². The number of benzene rings is 1. The highest BCUT2D eigenvalue weighted by Crippen LogP contribution is 2.58. The van der Waals surface area contributed by atoms with Gasteiger partial charge in [-0.1, -0.05) is 44.0 Å². The van der Waals surface area contributed by atoms with Crippen LogP contribution in [0.15, 0.2) is 24.3 Å². The number of urea groups is 1. The van der Waals surface area contributed by atoms with Gasteiger partial charge in [0.15, 0.2) is 0 Å². The van der Waals surface area contributed by atoms with Crippen LogP contribution in [0, 0.1) is 11.3 Å². The number of hydrogen-bond acceptors (Lipinski definition) is 4.